The Morgan fingerprint density at radius 1 is 1.14 bits per heavy atom. The highest BCUT2D eigenvalue weighted by molar-refractivity contribution is 5.49. The number of hydrogen-bond acceptors (Lipinski definition) is 2. The minimum Gasteiger partial charge on any atom is -0.494 e. The molecule has 0 unspecified atom stereocenters. The Morgan fingerprint density at radius 3 is 2.71 bits per heavy atom. The van der Waals surface area contributed by atoms with Gasteiger partial charge in [-0.25, -0.2) is 8.78 Å². The van der Waals surface area contributed by atoms with Crippen LogP contribution in [0, 0.1) is 18.6 Å². The molecule has 0 saturated heterocycles. The van der Waals surface area contributed by atoms with Crippen molar-refractivity contribution >= 4 is 5.69 Å². The van der Waals surface area contributed by atoms with E-state index in [1.54, 1.807) is 6.92 Å². The van der Waals surface area contributed by atoms with Gasteiger partial charge in [-0.15, -0.1) is 0 Å². The summed E-state index contributed by atoms with van der Waals surface area (Å²) < 4.78 is 33.1. The first-order valence-electron chi connectivity index (χ1n) is 7.02. The number of ether oxygens (including phenoxy) is 1. The van der Waals surface area contributed by atoms with Crippen LogP contribution in [-0.4, -0.2) is 6.61 Å². The molecule has 0 radical (unpaired) electrons. The Labute approximate surface area is 123 Å². The van der Waals surface area contributed by atoms with E-state index in [-0.39, 0.29) is 5.69 Å². The van der Waals surface area contributed by atoms with Gasteiger partial charge in [0.25, 0.3) is 0 Å². The molecule has 0 spiro atoms. The highest BCUT2D eigenvalue weighted by Gasteiger charge is 2.10. The monoisotopic (exact) mass is 291 g/mol. The van der Waals surface area contributed by atoms with E-state index >= 15 is 0 Å². The molecule has 2 aromatic carbocycles. The average Bonchev–Trinajstić information content (AvgIpc) is 2.49. The first-order valence-corrected chi connectivity index (χ1v) is 7.02. The highest BCUT2D eigenvalue weighted by Crippen LogP contribution is 2.23. The summed E-state index contributed by atoms with van der Waals surface area (Å²) in [5.41, 5.74) is 1.23. The Bertz CT molecular complexity index is 614. The van der Waals surface area contributed by atoms with Crippen LogP contribution in [-0.2, 0) is 6.54 Å². The fourth-order valence-corrected chi connectivity index (χ4v) is 1.97. The van der Waals surface area contributed by atoms with Crippen molar-refractivity contribution in [1.82, 2.24) is 0 Å². The predicted octanol–water partition coefficient (Wildman–Crippen LogP) is 4.67. The summed E-state index contributed by atoms with van der Waals surface area (Å²) in [6.45, 7) is 4.63. The predicted molar refractivity (Wildman–Crippen MR) is 80.6 cm³/mol. The molecule has 0 bridgehead atoms. The van der Waals surface area contributed by atoms with Crippen LogP contribution < -0.4 is 10.1 Å². The topological polar surface area (TPSA) is 21.3 Å². The molecule has 0 atom stereocenters. The summed E-state index contributed by atoms with van der Waals surface area (Å²) in [5.74, 6) is -0.369. The lowest BCUT2D eigenvalue weighted by atomic mass is 10.1. The second-order valence-electron chi connectivity index (χ2n) is 4.90. The van der Waals surface area contributed by atoms with E-state index in [0.29, 0.717) is 18.7 Å². The van der Waals surface area contributed by atoms with Gasteiger partial charge in [-0.1, -0.05) is 25.1 Å². The zero-order chi connectivity index (χ0) is 15.2. The summed E-state index contributed by atoms with van der Waals surface area (Å²) in [4.78, 5) is 0. The van der Waals surface area contributed by atoms with Crippen LogP contribution in [0.3, 0.4) is 0 Å². The van der Waals surface area contributed by atoms with Crippen molar-refractivity contribution in [3.63, 3.8) is 0 Å². The molecule has 0 fully saturated rings. The van der Waals surface area contributed by atoms with E-state index in [9.17, 15) is 8.78 Å². The standard InChI is InChI=1S/C17H19F2NO/c1-3-9-21-14-6-4-5-13(10-14)11-20-17-15(18)8-7-12(2)16(17)19/h4-8,10,20H,3,9,11H2,1-2H3. The molecular weight excluding hydrogens is 272 g/mol. The molecule has 0 aliphatic heterocycles. The van der Waals surface area contributed by atoms with Gasteiger partial charge in [0.05, 0.1) is 6.61 Å². The molecule has 0 aromatic heterocycles. The van der Waals surface area contributed by atoms with Crippen LogP contribution in [0.4, 0.5) is 14.5 Å². The number of nitrogens with one attached hydrogen (secondary N) is 1. The molecule has 0 saturated carbocycles. The summed E-state index contributed by atoms with van der Waals surface area (Å²) in [7, 11) is 0. The summed E-state index contributed by atoms with van der Waals surface area (Å²) in [5, 5.41) is 2.82. The maximum absolute atomic E-state index is 13.9. The Morgan fingerprint density at radius 2 is 1.95 bits per heavy atom. The molecular formula is C17H19F2NO. The number of aryl methyl sites for hydroxylation is 1. The molecule has 2 nitrogen and oxygen atoms in total. The van der Waals surface area contributed by atoms with Crippen LogP contribution >= 0.6 is 0 Å². The van der Waals surface area contributed by atoms with Crippen LogP contribution in [0.25, 0.3) is 0 Å². The van der Waals surface area contributed by atoms with Gasteiger partial charge >= 0.3 is 0 Å². The van der Waals surface area contributed by atoms with Gasteiger partial charge in [0, 0.05) is 6.54 Å². The van der Waals surface area contributed by atoms with Crippen molar-refractivity contribution in [2.45, 2.75) is 26.8 Å². The second-order valence-corrected chi connectivity index (χ2v) is 4.90. The molecule has 1 N–H and O–H groups in total. The number of benzene rings is 2. The van der Waals surface area contributed by atoms with Gasteiger partial charge in [-0.05, 0) is 42.7 Å². The van der Waals surface area contributed by atoms with Gasteiger partial charge < -0.3 is 10.1 Å². The average molecular weight is 291 g/mol. The van der Waals surface area contributed by atoms with Gasteiger partial charge in [0.2, 0.25) is 0 Å². The molecule has 0 aliphatic carbocycles. The van der Waals surface area contributed by atoms with Crippen LogP contribution in [0.1, 0.15) is 24.5 Å². The van der Waals surface area contributed by atoms with E-state index in [2.05, 4.69) is 5.32 Å². The zero-order valence-electron chi connectivity index (χ0n) is 12.2. The van der Waals surface area contributed by atoms with Crippen molar-refractivity contribution in [2.24, 2.45) is 0 Å². The molecule has 0 amide bonds. The number of anilines is 1. The SMILES string of the molecule is CCCOc1cccc(CNc2c(F)ccc(C)c2F)c1. The molecule has 0 heterocycles. The first-order chi connectivity index (χ1) is 10.1. The van der Waals surface area contributed by atoms with Gasteiger partial charge in [-0.3, -0.25) is 0 Å². The van der Waals surface area contributed by atoms with Crippen molar-refractivity contribution in [1.29, 1.82) is 0 Å². The fourth-order valence-electron chi connectivity index (χ4n) is 1.97. The molecule has 2 rings (SSSR count). The van der Waals surface area contributed by atoms with Crippen LogP contribution in [0.2, 0.25) is 0 Å². The van der Waals surface area contributed by atoms with Crippen LogP contribution in [0.15, 0.2) is 36.4 Å². The maximum atomic E-state index is 13.9. The highest BCUT2D eigenvalue weighted by atomic mass is 19.1. The lowest BCUT2D eigenvalue weighted by Gasteiger charge is -2.11. The summed E-state index contributed by atoms with van der Waals surface area (Å²) >= 11 is 0. The van der Waals surface area contributed by atoms with E-state index in [4.69, 9.17) is 4.74 Å². The van der Waals surface area contributed by atoms with Crippen molar-refractivity contribution < 1.29 is 13.5 Å². The molecule has 21 heavy (non-hydrogen) atoms. The minimum absolute atomic E-state index is 0.0881. The zero-order valence-corrected chi connectivity index (χ0v) is 12.2. The largest absolute Gasteiger partial charge is 0.494 e. The maximum Gasteiger partial charge on any atom is 0.152 e. The van der Waals surface area contributed by atoms with E-state index in [0.717, 1.165) is 17.7 Å². The van der Waals surface area contributed by atoms with Crippen LogP contribution in [0.5, 0.6) is 5.75 Å². The van der Waals surface area contributed by atoms with Crippen molar-refractivity contribution in [3.8, 4) is 5.75 Å². The summed E-state index contributed by atoms with van der Waals surface area (Å²) in [6.07, 6.45) is 0.933. The molecule has 4 heteroatoms. The molecule has 112 valence electrons. The third kappa shape index (κ3) is 3.94. The van der Waals surface area contributed by atoms with E-state index in [1.165, 1.54) is 12.1 Å². The first kappa shape index (κ1) is 15.3. The third-order valence-electron chi connectivity index (χ3n) is 3.12. The quantitative estimate of drug-likeness (QED) is 0.834. The second kappa shape index (κ2) is 7.07. The number of hydrogen-bond donors (Lipinski definition) is 1. The summed E-state index contributed by atoms with van der Waals surface area (Å²) in [6, 6.07) is 10.2. The lowest BCUT2D eigenvalue weighted by molar-refractivity contribution is 0.317. The van der Waals surface area contributed by atoms with Crippen molar-refractivity contribution in [3.05, 3.63) is 59.2 Å². The molecule has 2 aromatic rings. The van der Waals surface area contributed by atoms with E-state index < -0.39 is 11.6 Å². The van der Waals surface area contributed by atoms with Gasteiger partial charge in [0.1, 0.15) is 17.3 Å². The number of rotatable bonds is 6. The molecule has 0 aliphatic rings. The Kier molecular flexibility index (Phi) is 5.14. The normalized spacial score (nSPS) is 10.5. The van der Waals surface area contributed by atoms with Gasteiger partial charge in [-0.2, -0.15) is 0 Å². The smallest absolute Gasteiger partial charge is 0.152 e. The van der Waals surface area contributed by atoms with Crippen molar-refractivity contribution in [2.75, 3.05) is 11.9 Å². The fraction of sp³-hybridized carbons (Fsp3) is 0.294. The van der Waals surface area contributed by atoms with E-state index in [1.807, 2.05) is 31.2 Å². The Balaban J connectivity index is 2.08. The lowest BCUT2D eigenvalue weighted by Crippen LogP contribution is -2.05. The van der Waals surface area contributed by atoms with Gasteiger partial charge in [0.15, 0.2) is 5.82 Å². The minimum atomic E-state index is -0.587. The third-order valence-corrected chi connectivity index (χ3v) is 3.12. The number of halogens is 2. The Hall–Kier alpha value is -2.10.